The van der Waals surface area contributed by atoms with E-state index in [0.717, 1.165) is 5.56 Å². The zero-order valence-electron chi connectivity index (χ0n) is 21.6. The Bertz CT molecular complexity index is 2030. The van der Waals surface area contributed by atoms with Crippen molar-refractivity contribution >= 4 is 39.2 Å². The second kappa shape index (κ2) is 10.1. The Labute approximate surface area is 232 Å². The Balaban J connectivity index is 1.63. The van der Waals surface area contributed by atoms with Crippen LogP contribution in [-0.4, -0.2) is 19.5 Å². The van der Waals surface area contributed by atoms with Crippen molar-refractivity contribution in [1.82, 2.24) is 19.5 Å². The number of aromatic nitrogens is 4. The first-order valence-corrected chi connectivity index (χ1v) is 13.0. The first-order valence-electron chi connectivity index (χ1n) is 12.6. The van der Waals surface area contributed by atoms with Crippen LogP contribution in [0.3, 0.4) is 0 Å². The minimum Gasteiger partial charge on any atom is -0.361 e. The van der Waals surface area contributed by atoms with E-state index in [9.17, 15) is 14.0 Å². The first kappa shape index (κ1) is 25.5. The number of aromatic amines is 1. The van der Waals surface area contributed by atoms with Crippen molar-refractivity contribution in [3.05, 3.63) is 128 Å². The molecule has 6 aromatic rings. The Hall–Kier alpha value is -4.82. The zero-order valence-corrected chi connectivity index (χ0v) is 22.3. The quantitative estimate of drug-likeness (QED) is 0.253. The minimum atomic E-state index is -0.557. The average molecular weight is 552 g/mol. The number of H-pyrrole nitrogens is 1. The molecule has 1 atom stereocenters. The van der Waals surface area contributed by atoms with Crippen molar-refractivity contribution in [2.75, 3.05) is 5.32 Å². The molecule has 0 saturated heterocycles. The second-order valence-corrected chi connectivity index (χ2v) is 9.89. The van der Waals surface area contributed by atoms with Gasteiger partial charge in [0.25, 0.3) is 5.56 Å². The molecule has 0 aliphatic carbocycles. The van der Waals surface area contributed by atoms with E-state index in [4.69, 9.17) is 11.6 Å². The van der Waals surface area contributed by atoms with E-state index in [1.165, 1.54) is 30.7 Å². The zero-order chi connectivity index (χ0) is 28.0. The lowest BCUT2D eigenvalue weighted by molar-refractivity contribution is 0.627. The van der Waals surface area contributed by atoms with Crippen LogP contribution in [-0.2, 0) is 0 Å². The van der Waals surface area contributed by atoms with Crippen molar-refractivity contribution < 1.29 is 4.39 Å². The topological polar surface area (TPSA) is 92.7 Å². The fraction of sp³-hybridized carbons (Fsp3) is 0.0968. The summed E-state index contributed by atoms with van der Waals surface area (Å²) in [4.78, 5) is 38.5. The van der Waals surface area contributed by atoms with E-state index in [0.29, 0.717) is 55.2 Å². The Morgan fingerprint density at radius 1 is 0.950 bits per heavy atom. The van der Waals surface area contributed by atoms with Gasteiger partial charge in [0.1, 0.15) is 29.0 Å². The van der Waals surface area contributed by atoms with Crippen LogP contribution >= 0.6 is 11.6 Å². The summed E-state index contributed by atoms with van der Waals surface area (Å²) in [6.07, 6.45) is 2.88. The van der Waals surface area contributed by atoms with Crippen molar-refractivity contribution in [3.63, 3.8) is 0 Å². The number of nitrogens with zero attached hydrogens (tertiary/aromatic N) is 3. The normalized spacial score (nSPS) is 12.1. The molecule has 0 unspecified atom stereocenters. The lowest BCUT2D eigenvalue weighted by atomic mass is 9.95. The third-order valence-corrected chi connectivity index (χ3v) is 7.39. The van der Waals surface area contributed by atoms with Gasteiger partial charge in [-0.25, -0.2) is 14.4 Å². The molecule has 6 rings (SSSR count). The summed E-state index contributed by atoms with van der Waals surface area (Å²) in [5.41, 5.74) is 3.09. The summed E-state index contributed by atoms with van der Waals surface area (Å²) < 4.78 is 15.5. The van der Waals surface area contributed by atoms with E-state index in [1.54, 1.807) is 16.7 Å². The molecule has 0 aliphatic rings. The maximum absolute atomic E-state index is 14.4. The molecule has 9 heteroatoms. The number of rotatable bonds is 5. The molecule has 0 bridgehead atoms. The van der Waals surface area contributed by atoms with Crippen LogP contribution in [0.1, 0.15) is 24.2 Å². The standard InChI is InChI=1S/C31H23ClFN5O2/c1-17-15-19(33)11-12-21(17)22-9-6-10-23-25(22)31(40)38(20-7-4-3-5-8-20)28(27(23)32)18(2)37-30-26-24(39)13-14-34-29(26)35-16-36-30/h3-16,18H,1-2H3,(H2,34,35,36,37,39)/t18-/m0/s1. The van der Waals surface area contributed by atoms with Gasteiger partial charge in [0, 0.05) is 23.3 Å². The molecule has 3 aromatic heterocycles. The molecule has 3 aromatic carbocycles. The SMILES string of the molecule is Cc1cc(F)ccc1-c1cccc2c(Cl)c([C@H](C)Nc3ncnc4[nH]ccc(=O)c34)n(-c3ccccc3)c(=O)c12. The lowest BCUT2D eigenvalue weighted by Crippen LogP contribution is -2.27. The third kappa shape index (κ3) is 4.23. The summed E-state index contributed by atoms with van der Waals surface area (Å²) in [6, 6.07) is 20.0. The molecule has 0 aliphatic heterocycles. The van der Waals surface area contributed by atoms with Crippen LogP contribution in [0.4, 0.5) is 10.2 Å². The third-order valence-electron chi connectivity index (χ3n) is 6.99. The number of aryl methyl sites for hydroxylation is 1. The highest BCUT2D eigenvalue weighted by atomic mass is 35.5. The summed E-state index contributed by atoms with van der Waals surface area (Å²) in [5, 5.41) is 4.95. The molecule has 0 radical (unpaired) electrons. The predicted octanol–water partition coefficient (Wildman–Crippen LogP) is 6.56. The van der Waals surface area contributed by atoms with Crippen molar-refractivity contribution in [2.45, 2.75) is 19.9 Å². The number of anilines is 1. The number of hydrogen-bond donors (Lipinski definition) is 2. The maximum atomic E-state index is 14.4. The Morgan fingerprint density at radius 3 is 2.52 bits per heavy atom. The van der Waals surface area contributed by atoms with Gasteiger partial charge in [-0.15, -0.1) is 0 Å². The molecule has 0 spiro atoms. The molecule has 198 valence electrons. The van der Waals surface area contributed by atoms with E-state index < -0.39 is 6.04 Å². The summed E-state index contributed by atoms with van der Waals surface area (Å²) in [7, 11) is 0. The molecule has 0 amide bonds. The number of fused-ring (bicyclic) bond motifs is 2. The fourth-order valence-electron chi connectivity index (χ4n) is 5.18. The van der Waals surface area contributed by atoms with Gasteiger partial charge in [-0.3, -0.25) is 14.2 Å². The summed E-state index contributed by atoms with van der Waals surface area (Å²) in [5.74, 6) is -0.0299. The number of nitrogens with one attached hydrogen (secondary N) is 2. The van der Waals surface area contributed by atoms with E-state index in [1.807, 2.05) is 56.3 Å². The van der Waals surface area contributed by atoms with Crippen molar-refractivity contribution in [2.24, 2.45) is 0 Å². The van der Waals surface area contributed by atoms with Crippen molar-refractivity contribution in [3.8, 4) is 16.8 Å². The molecule has 0 fully saturated rings. The van der Waals surface area contributed by atoms with Crippen LogP contribution in [0.25, 0.3) is 38.6 Å². The summed E-state index contributed by atoms with van der Waals surface area (Å²) in [6.45, 7) is 3.66. The molecule has 0 saturated carbocycles. The highest BCUT2D eigenvalue weighted by Crippen LogP contribution is 2.37. The van der Waals surface area contributed by atoms with Crippen LogP contribution in [0, 0.1) is 12.7 Å². The van der Waals surface area contributed by atoms with Gasteiger partial charge in [0.05, 0.1) is 22.1 Å². The minimum absolute atomic E-state index is 0.242. The molecule has 2 N–H and O–H groups in total. The van der Waals surface area contributed by atoms with Gasteiger partial charge >= 0.3 is 0 Å². The van der Waals surface area contributed by atoms with Gasteiger partial charge in [-0.1, -0.05) is 54.1 Å². The van der Waals surface area contributed by atoms with Gasteiger partial charge in [0.15, 0.2) is 5.43 Å². The average Bonchev–Trinajstić information content (AvgIpc) is 2.95. The first-order chi connectivity index (χ1) is 19.3. The number of hydrogen-bond acceptors (Lipinski definition) is 5. The Morgan fingerprint density at radius 2 is 1.75 bits per heavy atom. The second-order valence-electron chi connectivity index (χ2n) is 9.52. The fourth-order valence-corrected chi connectivity index (χ4v) is 5.59. The number of para-hydroxylation sites is 1. The summed E-state index contributed by atoms with van der Waals surface area (Å²) >= 11 is 7.14. The van der Waals surface area contributed by atoms with Gasteiger partial charge in [-0.05, 0) is 54.8 Å². The number of pyridine rings is 2. The monoisotopic (exact) mass is 551 g/mol. The van der Waals surface area contributed by atoms with Gasteiger partial charge in [0.2, 0.25) is 0 Å². The number of benzene rings is 3. The van der Waals surface area contributed by atoms with Crippen LogP contribution in [0.15, 0.2) is 94.9 Å². The molecular weight excluding hydrogens is 529 g/mol. The molecule has 3 heterocycles. The number of halogens is 2. The van der Waals surface area contributed by atoms with Crippen LogP contribution in [0.2, 0.25) is 5.02 Å². The van der Waals surface area contributed by atoms with Crippen molar-refractivity contribution in [1.29, 1.82) is 0 Å². The van der Waals surface area contributed by atoms with Crippen LogP contribution < -0.4 is 16.3 Å². The van der Waals surface area contributed by atoms with E-state index in [-0.39, 0.29) is 16.8 Å². The highest BCUT2D eigenvalue weighted by Gasteiger charge is 2.24. The largest absolute Gasteiger partial charge is 0.361 e. The highest BCUT2D eigenvalue weighted by molar-refractivity contribution is 6.36. The molecule has 7 nitrogen and oxygen atoms in total. The maximum Gasteiger partial charge on any atom is 0.263 e. The lowest BCUT2D eigenvalue weighted by Gasteiger charge is -2.24. The Kier molecular flexibility index (Phi) is 6.40. The van der Waals surface area contributed by atoms with Gasteiger partial charge in [-0.2, -0.15) is 0 Å². The smallest absolute Gasteiger partial charge is 0.263 e. The predicted molar refractivity (Wildman–Crippen MR) is 157 cm³/mol. The van der Waals surface area contributed by atoms with Crippen LogP contribution in [0.5, 0.6) is 0 Å². The van der Waals surface area contributed by atoms with E-state index >= 15 is 0 Å². The van der Waals surface area contributed by atoms with E-state index in [2.05, 4.69) is 20.3 Å². The molecule has 40 heavy (non-hydrogen) atoms. The molecular formula is C31H23ClFN5O2. The van der Waals surface area contributed by atoms with Gasteiger partial charge < -0.3 is 10.3 Å².